The van der Waals surface area contributed by atoms with Gasteiger partial charge in [-0.25, -0.2) is 0 Å². The summed E-state index contributed by atoms with van der Waals surface area (Å²) in [6.07, 6.45) is 18.4. The third-order valence-electron chi connectivity index (χ3n) is 4.98. The molecule has 1 nitrogen and oxygen atoms in total. The lowest BCUT2D eigenvalue weighted by atomic mass is 10.1. The van der Waals surface area contributed by atoms with E-state index in [1.807, 2.05) is 0 Å². The molecule has 131 valence electrons. The standard InChI is InChI=1S/C20H43NSi/c1-4-6-8-10-11-13-15-18-21(3,19-16-20-22)17-14-12-9-7-5-2/h4-20H2,1-3H3/q+1. The Morgan fingerprint density at radius 1 is 0.545 bits per heavy atom. The van der Waals surface area contributed by atoms with E-state index in [-0.39, 0.29) is 0 Å². The first-order valence-electron chi connectivity index (χ1n) is 10.2. The topological polar surface area (TPSA) is 0 Å². The maximum absolute atomic E-state index is 3.66. The molecular formula is C20H43NSi+. The predicted molar refractivity (Wildman–Crippen MR) is 103 cm³/mol. The van der Waals surface area contributed by atoms with Crippen LogP contribution in [0.2, 0.25) is 6.04 Å². The third-order valence-corrected chi connectivity index (χ3v) is 5.33. The zero-order chi connectivity index (χ0) is 16.5. The van der Waals surface area contributed by atoms with Gasteiger partial charge in [-0.2, -0.15) is 0 Å². The van der Waals surface area contributed by atoms with Crippen molar-refractivity contribution in [1.29, 1.82) is 0 Å². The van der Waals surface area contributed by atoms with Gasteiger partial charge in [0.1, 0.15) is 0 Å². The molecule has 0 rings (SSSR count). The molecule has 22 heavy (non-hydrogen) atoms. The summed E-state index contributed by atoms with van der Waals surface area (Å²) >= 11 is 0. The average Bonchev–Trinajstić information content (AvgIpc) is 2.52. The van der Waals surface area contributed by atoms with Crippen molar-refractivity contribution in [3.05, 3.63) is 0 Å². The van der Waals surface area contributed by atoms with E-state index < -0.39 is 0 Å². The molecule has 0 N–H and O–H groups in total. The Morgan fingerprint density at radius 3 is 1.32 bits per heavy atom. The lowest BCUT2D eigenvalue weighted by molar-refractivity contribution is -0.910. The number of hydrogen-bond donors (Lipinski definition) is 0. The van der Waals surface area contributed by atoms with Crippen LogP contribution in [0.25, 0.3) is 0 Å². The maximum atomic E-state index is 3.66. The van der Waals surface area contributed by atoms with Crippen molar-refractivity contribution < 1.29 is 4.48 Å². The number of nitrogens with zero attached hydrogens (tertiary/aromatic N) is 1. The van der Waals surface area contributed by atoms with Crippen molar-refractivity contribution in [3.63, 3.8) is 0 Å². The molecular weight excluding hydrogens is 282 g/mol. The SMILES string of the molecule is CCCCCCCCC[N+](C)(CCC[Si])CCCCCCC. The van der Waals surface area contributed by atoms with Gasteiger partial charge < -0.3 is 4.48 Å². The molecule has 0 aromatic carbocycles. The summed E-state index contributed by atoms with van der Waals surface area (Å²) in [6, 6.07) is 1.15. The Hall–Kier alpha value is 0.177. The zero-order valence-corrected chi connectivity index (χ0v) is 17.0. The quantitative estimate of drug-likeness (QED) is 0.171. The van der Waals surface area contributed by atoms with Crippen LogP contribution in [-0.4, -0.2) is 41.4 Å². The number of rotatable bonds is 17. The molecule has 0 aromatic rings. The van der Waals surface area contributed by atoms with Crippen LogP contribution in [0.15, 0.2) is 0 Å². The maximum Gasteiger partial charge on any atom is 0.0784 e. The van der Waals surface area contributed by atoms with Gasteiger partial charge in [0.15, 0.2) is 0 Å². The second-order valence-electron chi connectivity index (χ2n) is 7.43. The van der Waals surface area contributed by atoms with Gasteiger partial charge >= 0.3 is 0 Å². The van der Waals surface area contributed by atoms with Crippen LogP contribution >= 0.6 is 0 Å². The summed E-state index contributed by atoms with van der Waals surface area (Å²) < 4.78 is 1.31. The van der Waals surface area contributed by atoms with Crippen LogP contribution in [0.4, 0.5) is 0 Å². The fraction of sp³-hybridized carbons (Fsp3) is 1.00. The van der Waals surface area contributed by atoms with Crippen LogP contribution in [0, 0.1) is 0 Å². The van der Waals surface area contributed by atoms with E-state index in [4.69, 9.17) is 0 Å². The van der Waals surface area contributed by atoms with Gasteiger partial charge in [-0.1, -0.05) is 71.3 Å². The molecule has 2 heteroatoms. The van der Waals surface area contributed by atoms with Crippen molar-refractivity contribution in [2.24, 2.45) is 0 Å². The second-order valence-corrected chi connectivity index (χ2v) is 7.93. The minimum Gasteiger partial charge on any atom is -0.326 e. The molecule has 0 aliphatic heterocycles. The van der Waals surface area contributed by atoms with Crippen molar-refractivity contribution in [1.82, 2.24) is 0 Å². The van der Waals surface area contributed by atoms with E-state index >= 15 is 0 Å². The molecule has 0 aliphatic rings. The molecule has 0 heterocycles. The van der Waals surface area contributed by atoms with Crippen molar-refractivity contribution >= 4 is 10.2 Å². The largest absolute Gasteiger partial charge is 0.326 e. The van der Waals surface area contributed by atoms with Crippen LogP contribution in [0.5, 0.6) is 0 Å². The first-order chi connectivity index (χ1) is 10.7. The Bertz CT molecular complexity index is 220. The number of unbranched alkanes of at least 4 members (excludes halogenated alkanes) is 10. The molecule has 1 unspecified atom stereocenters. The van der Waals surface area contributed by atoms with Gasteiger partial charge in [0, 0.05) is 10.2 Å². The summed E-state index contributed by atoms with van der Waals surface area (Å²) in [5, 5.41) is 0. The highest BCUT2D eigenvalue weighted by molar-refractivity contribution is 6.08. The van der Waals surface area contributed by atoms with Gasteiger partial charge in [0.05, 0.1) is 26.7 Å². The summed E-state index contributed by atoms with van der Waals surface area (Å²) in [5.74, 6) is 0. The predicted octanol–water partition coefficient (Wildman–Crippen LogP) is 6.13. The molecule has 0 fully saturated rings. The highest BCUT2D eigenvalue weighted by Crippen LogP contribution is 2.14. The van der Waals surface area contributed by atoms with Gasteiger partial charge in [0.2, 0.25) is 0 Å². The first-order valence-corrected chi connectivity index (χ1v) is 10.9. The smallest absolute Gasteiger partial charge is 0.0784 e. The molecule has 0 aliphatic carbocycles. The molecule has 3 radical (unpaired) electrons. The van der Waals surface area contributed by atoms with Crippen molar-refractivity contribution in [2.45, 2.75) is 103 Å². The molecule has 1 atom stereocenters. The second kappa shape index (κ2) is 16.0. The monoisotopic (exact) mass is 325 g/mol. The molecule has 0 aromatic heterocycles. The Labute approximate surface area is 145 Å². The molecule has 0 amide bonds. The van der Waals surface area contributed by atoms with Crippen LogP contribution in [0.1, 0.15) is 97.3 Å². The van der Waals surface area contributed by atoms with Gasteiger partial charge in [-0.15, -0.1) is 0 Å². The van der Waals surface area contributed by atoms with E-state index in [1.165, 1.54) is 108 Å². The summed E-state index contributed by atoms with van der Waals surface area (Å²) in [5.41, 5.74) is 0. The molecule has 0 bridgehead atoms. The highest BCUT2D eigenvalue weighted by Gasteiger charge is 2.19. The Morgan fingerprint density at radius 2 is 0.909 bits per heavy atom. The molecule has 0 saturated heterocycles. The normalized spacial score (nSPS) is 14.2. The summed E-state index contributed by atoms with van der Waals surface area (Å²) in [6.45, 7) is 8.75. The van der Waals surface area contributed by atoms with Gasteiger partial charge in [0.25, 0.3) is 0 Å². The van der Waals surface area contributed by atoms with E-state index in [1.54, 1.807) is 0 Å². The average molecular weight is 326 g/mol. The third kappa shape index (κ3) is 13.8. The van der Waals surface area contributed by atoms with Crippen molar-refractivity contribution in [2.75, 3.05) is 26.7 Å². The zero-order valence-electron chi connectivity index (χ0n) is 16.0. The van der Waals surface area contributed by atoms with Gasteiger partial charge in [-0.05, 0) is 32.1 Å². The summed E-state index contributed by atoms with van der Waals surface area (Å²) in [4.78, 5) is 0. The lowest BCUT2D eigenvalue weighted by Crippen LogP contribution is -2.46. The summed E-state index contributed by atoms with van der Waals surface area (Å²) in [7, 11) is 6.16. The van der Waals surface area contributed by atoms with E-state index in [2.05, 4.69) is 31.1 Å². The van der Waals surface area contributed by atoms with Crippen molar-refractivity contribution in [3.8, 4) is 0 Å². The minimum atomic E-state index is 1.15. The number of quaternary nitrogens is 1. The fourth-order valence-corrected chi connectivity index (χ4v) is 3.50. The lowest BCUT2D eigenvalue weighted by Gasteiger charge is -2.35. The Balaban J connectivity index is 3.83. The number of hydrogen-bond acceptors (Lipinski definition) is 0. The van der Waals surface area contributed by atoms with Crippen LogP contribution in [0.3, 0.4) is 0 Å². The molecule has 0 saturated carbocycles. The minimum absolute atomic E-state index is 1.15. The van der Waals surface area contributed by atoms with E-state index in [0.717, 1.165) is 6.04 Å². The van der Waals surface area contributed by atoms with Crippen LogP contribution in [-0.2, 0) is 0 Å². The highest BCUT2D eigenvalue weighted by atomic mass is 28.1. The molecule has 0 spiro atoms. The van der Waals surface area contributed by atoms with E-state index in [9.17, 15) is 0 Å². The van der Waals surface area contributed by atoms with Gasteiger partial charge in [-0.3, -0.25) is 0 Å². The Kier molecular flexibility index (Phi) is 16.2. The first kappa shape index (κ1) is 22.2. The fourth-order valence-electron chi connectivity index (χ4n) is 3.34. The van der Waals surface area contributed by atoms with E-state index in [0.29, 0.717) is 0 Å². The van der Waals surface area contributed by atoms with Crippen LogP contribution < -0.4 is 0 Å².